The number of ether oxygens (including phenoxy) is 1. The fourth-order valence-electron chi connectivity index (χ4n) is 2.69. The zero-order valence-corrected chi connectivity index (χ0v) is 18.6. The topological polar surface area (TPSA) is 84.5 Å². The molecule has 0 saturated carbocycles. The molecule has 2 N–H and O–H groups in total. The zero-order valence-electron chi connectivity index (χ0n) is 17.0. The average Bonchev–Trinajstić information content (AvgIpc) is 2.75. The Kier molecular flexibility index (Phi) is 10.3. The van der Waals surface area contributed by atoms with Crippen LogP contribution in [0.1, 0.15) is 18.1 Å². The molecule has 0 saturated heterocycles. The molecule has 0 radical (unpaired) electrons. The molecular formula is C22H26N2O4S2. The van der Waals surface area contributed by atoms with Crippen LogP contribution >= 0.6 is 21.6 Å². The summed E-state index contributed by atoms with van der Waals surface area (Å²) in [4.78, 5) is 36.6. The number of rotatable bonds is 11. The number of benzene rings is 2. The lowest BCUT2D eigenvalue weighted by Crippen LogP contribution is -2.53. The van der Waals surface area contributed by atoms with E-state index in [1.54, 1.807) is 10.8 Å². The van der Waals surface area contributed by atoms with Crippen LogP contribution in [0.3, 0.4) is 0 Å². The Balaban J connectivity index is 1.95. The van der Waals surface area contributed by atoms with Crippen LogP contribution in [0.4, 0.5) is 0 Å². The van der Waals surface area contributed by atoms with Crippen molar-refractivity contribution in [3.63, 3.8) is 0 Å². The molecule has 0 aliphatic carbocycles. The van der Waals surface area contributed by atoms with E-state index in [-0.39, 0.29) is 5.91 Å². The predicted octanol–water partition coefficient (Wildman–Crippen LogP) is 2.97. The molecule has 2 atom stereocenters. The quantitative estimate of drug-likeness (QED) is 0.314. The molecule has 0 aromatic heterocycles. The highest BCUT2D eigenvalue weighted by Crippen LogP contribution is 2.26. The van der Waals surface area contributed by atoms with Crippen molar-refractivity contribution in [1.29, 1.82) is 0 Å². The lowest BCUT2D eigenvalue weighted by Gasteiger charge is -2.21. The highest BCUT2D eigenvalue weighted by Gasteiger charge is 2.27. The van der Waals surface area contributed by atoms with Gasteiger partial charge in [-0.15, -0.1) is 0 Å². The van der Waals surface area contributed by atoms with Gasteiger partial charge in [0.2, 0.25) is 11.8 Å². The second-order valence-electron chi connectivity index (χ2n) is 6.56. The first-order chi connectivity index (χ1) is 14.5. The summed E-state index contributed by atoms with van der Waals surface area (Å²) < 4.78 is 4.84. The second kappa shape index (κ2) is 13.0. The Morgan fingerprint density at radius 1 is 0.867 bits per heavy atom. The monoisotopic (exact) mass is 446 g/mol. The molecule has 2 rings (SSSR count). The minimum absolute atomic E-state index is 0.312. The van der Waals surface area contributed by atoms with Gasteiger partial charge in [0.25, 0.3) is 0 Å². The molecular weight excluding hydrogens is 420 g/mol. The van der Waals surface area contributed by atoms with Crippen molar-refractivity contribution in [2.75, 3.05) is 12.9 Å². The number of carbonyl (C=O) groups excluding carboxylic acids is 3. The first-order valence-corrected chi connectivity index (χ1v) is 12.0. The fourth-order valence-corrected chi connectivity index (χ4v) is 4.91. The number of amides is 2. The van der Waals surface area contributed by atoms with Crippen LogP contribution in [0, 0.1) is 0 Å². The van der Waals surface area contributed by atoms with Crippen LogP contribution in [0.2, 0.25) is 0 Å². The van der Waals surface area contributed by atoms with Crippen LogP contribution in [0.5, 0.6) is 0 Å². The number of nitrogens with one attached hydrogen (secondary N) is 2. The molecule has 6 nitrogen and oxygen atoms in total. The molecule has 2 aromatic rings. The normalized spacial score (nSPS) is 12.5. The largest absolute Gasteiger partial charge is 0.467 e. The smallest absolute Gasteiger partial charge is 0.329 e. The molecule has 2 amide bonds. The lowest BCUT2D eigenvalue weighted by atomic mass is 10.0. The Labute approximate surface area is 184 Å². The SMILES string of the molecule is COC(=O)[C@H](CSSCc1ccccc1)NC(=O)[C@H](Cc1ccccc1)NC(C)=O. The van der Waals surface area contributed by atoms with Crippen molar-refractivity contribution >= 4 is 39.4 Å². The van der Waals surface area contributed by atoms with E-state index in [4.69, 9.17) is 4.74 Å². The van der Waals surface area contributed by atoms with Gasteiger partial charge in [0.15, 0.2) is 0 Å². The van der Waals surface area contributed by atoms with Crippen molar-refractivity contribution in [3.8, 4) is 0 Å². The Bertz CT molecular complexity index is 818. The Morgan fingerprint density at radius 2 is 1.47 bits per heavy atom. The summed E-state index contributed by atoms with van der Waals surface area (Å²) in [5.41, 5.74) is 2.09. The summed E-state index contributed by atoms with van der Waals surface area (Å²) in [5.74, 6) is -0.103. The van der Waals surface area contributed by atoms with Gasteiger partial charge in [-0.1, -0.05) is 82.3 Å². The first kappa shape index (κ1) is 23.8. The molecule has 0 fully saturated rings. The predicted molar refractivity (Wildman–Crippen MR) is 122 cm³/mol. The van der Waals surface area contributed by atoms with Crippen molar-refractivity contribution in [2.45, 2.75) is 31.2 Å². The summed E-state index contributed by atoms with van der Waals surface area (Å²) >= 11 is 0. The zero-order chi connectivity index (χ0) is 21.8. The van der Waals surface area contributed by atoms with E-state index in [0.29, 0.717) is 12.2 Å². The summed E-state index contributed by atoms with van der Waals surface area (Å²) in [7, 11) is 4.37. The van der Waals surface area contributed by atoms with Crippen LogP contribution < -0.4 is 10.6 Å². The van der Waals surface area contributed by atoms with Crippen LogP contribution in [-0.2, 0) is 31.3 Å². The van der Waals surface area contributed by atoms with E-state index < -0.39 is 24.0 Å². The van der Waals surface area contributed by atoms with Crippen molar-refractivity contribution in [2.24, 2.45) is 0 Å². The lowest BCUT2D eigenvalue weighted by molar-refractivity contribution is -0.144. The third-order valence-electron chi connectivity index (χ3n) is 4.17. The maximum atomic E-state index is 12.8. The Morgan fingerprint density at radius 3 is 2.03 bits per heavy atom. The van der Waals surface area contributed by atoms with Crippen molar-refractivity contribution < 1.29 is 19.1 Å². The number of carbonyl (C=O) groups is 3. The molecule has 0 unspecified atom stereocenters. The summed E-state index contributed by atoms with van der Waals surface area (Å²) in [6.45, 7) is 1.36. The second-order valence-corrected chi connectivity index (χ2v) is 9.07. The molecule has 0 heterocycles. The Hall–Kier alpha value is -2.45. The molecule has 160 valence electrons. The molecule has 0 aliphatic rings. The molecule has 0 bridgehead atoms. The molecule has 2 aromatic carbocycles. The van der Waals surface area contributed by atoms with E-state index in [0.717, 1.165) is 11.3 Å². The molecule has 0 aliphatic heterocycles. The van der Waals surface area contributed by atoms with E-state index in [9.17, 15) is 14.4 Å². The highest BCUT2D eigenvalue weighted by molar-refractivity contribution is 8.76. The van der Waals surface area contributed by atoms with Crippen LogP contribution in [0.25, 0.3) is 0 Å². The van der Waals surface area contributed by atoms with Gasteiger partial charge < -0.3 is 15.4 Å². The van der Waals surface area contributed by atoms with Gasteiger partial charge in [-0.3, -0.25) is 9.59 Å². The molecule has 30 heavy (non-hydrogen) atoms. The van der Waals surface area contributed by atoms with Gasteiger partial charge in [0.1, 0.15) is 12.1 Å². The van der Waals surface area contributed by atoms with Gasteiger partial charge in [0.05, 0.1) is 7.11 Å². The maximum absolute atomic E-state index is 12.8. The summed E-state index contributed by atoms with van der Waals surface area (Å²) in [6.07, 6.45) is 0.329. The summed E-state index contributed by atoms with van der Waals surface area (Å²) in [5, 5.41) is 5.39. The first-order valence-electron chi connectivity index (χ1n) is 9.47. The third kappa shape index (κ3) is 8.51. The van der Waals surface area contributed by atoms with Gasteiger partial charge in [-0.2, -0.15) is 0 Å². The van der Waals surface area contributed by atoms with E-state index >= 15 is 0 Å². The number of hydrogen-bond acceptors (Lipinski definition) is 6. The minimum Gasteiger partial charge on any atom is -0.467 e. The van der Waals surface area contributed by atoms with Crippen molar-refractivity contribution in [1.82, 2.24) is 10.6 Å². The standard InChI is InChI=1S/C22H26N2O4S2/c1-16(25)23-19(13-17-9-5-3-6-10-17)21(26)24-20(22(27)28-2)15-30-29-14-18-11-7-4-8-12-18/h3-12,19-20H,13-15H2,1-2H3,(H,23,25)(H,24,26)/t19-,20-/m0/s1. The van der Waals surface area contributed by atoms with Gasteiger partial charge in [0, 0.05) is 24.9 Å². The minimum atomic E-state index is -0.803. The van der Waals surface area contributed by atoms with E-state index in [2.05, 4.69) is 10.6 Å². The van der Waals surface area contributed by atoms with Gasteiger partial charge in [-0.25, -0.2) is 4.79 Å². The van der Waals surface area contributed by atoms with Crippen molar-refractivity contribution in [3.05, 3.63) is 71.8 Å². The fraction of sp³-hybridized carbons (Fsp3) is 0.318. The van der Waals surface area contributed by atoms with Crippen LogP contribution in [-0.4, -0.2) is 42.7 Å². The maximum Gasteiger partial charge on any atom is 0.329 e. The van der Waals surface area contributed by atoms with Gasteiger partial charge >= 0.3 is 5.97 Å². The number of hydrogen-bond donors (Lipinski definition) is 2. The van der Waals surface area contributed by atoms with Crippen LogP contribution in [0.15, 0.2) is 60.7 Å². The molecule has 0 spiro atoms. The summed E-state index contributed by atoms with van der Waals surface area (Å²) in [6, 6.07) is 17.8. The highest BCUT2D eigenvalue weighted by atomic mass is 33.1. The molecule has 8 heteroatoms. The number of esters is 1. The third-order valence-corrected chi connectivity index (χ3v) is 6.51. The van der Waals surface area contributed by atoms with E-state index in [1.807, 2.05) is 60.7 Å². The number of methoxy groups -OCH3 is 1. The van der Waals surface area contributed by atoms with E-state index in [1.165, 1.54) is 30.4 Å². The average molecular weight is 447 g/mol. The van der Waals surface area contributed by atoms with Gasteiger partial charge in [-0.05, 0) is 11.1 Å².